The lowest BCUT2D eigenvalue weighted by molar-refractivity contribution is -0.178. The molecule has 2 atom stereocenters. The fourth-order valence-electron chi connectivity index (χ4n) is 2.39. The van der Waals surface area contributed by atoms with Gasteiger partial charge in [-0.15, -0.1) is 0 Å². The first kappa shape index (κ1) is 18.9. The molecule has 6 nitrogen and oxygen atoms in total. The van der Waals surface area contributed by atoms with Crippen LogP contribution in [0.25, 0.3) is 0 Å². The number of aryl methyl sites for hydroxylation is 1. The first-order valence-electron chi connectivity index (χ1n) is 7.83. The zero-order valence-corrected chi connectivity index (χ0v) is 15.0. The molecule has 0 spiro atoms. The molecule has 2 aromatic carbocycles. The van der Waals surface area contributed by atoms with E-state index in [1.165, 1.54) is 0 Å². The molecule has 2 rings (SSSR count). The van der Waals surface area contributed by atoms with Gasteiger partial charge in [-0.25, -0.2) is 4.79 Å². The van der Waals surface area contributed by atoms with Gasteiger partial charge in [0.1, 0.15) is 6.61 Å². The van der Waals surface area contributed by atoms with E-state index in [1.54, 1.807) is 19.1 Å². The molecule has 7 heteroatoms. The van der Waals surface area contributed by atoms with E-state index in [-0.39, 0.29) is 12.6 Å². The van der Waals surface area contributed by atoms with Crippen molar-refractivity contribution in [3.05, 3.63) is 65.2 Å². The van der Waals surface area contributed by atoms with E-state index in [1.807, 2.05) is 43.3 Å². The first-order valence-corrected chi connectivity index (χ1v) is 8.92. The summed E-state index contributed by atoms with van der Waals surface area (Å²) in [5.41, 5.74) is 2.60. The van der Waals surface area contributed by atoms with Gasteiger partial charge in [-0.2, -0.15) is 0 Å². The number of amides is 1. The van der Waals surface area contributed by atoms with Crippen LogP contribution in [-0.2, 0) is 22.3 Å². The monoisotopic (exact) mass is 361 g/mol. The van der Waals surface area contributed by atoms with Gasteiger partial charge in [0.15, 0.2) is 5.75 Å². The molecular formula is C18H20NO5P. The maximum absolute atomic E-state index is 11.8. The summed E-state index contributed by atoms with van der Waals surface area (Å²) >= 11 is 0. The highest BCUT2D eigenvalue weighted by molar-refractivity contribution is 7.31. The quantitative estimate of drug-likeness (QED) is 0.765. The lowest BCUT2D eigenvalue weighted by Gasteiger charge is -2.15. The van der Waals surface area contributed by atoms with Crippen molar-refractivity contribution in [2.24, 2.45) is 0 Å². The van der Waals surface area contributed by atoms with Crippen molar-refractivity contribution >= 4 is 14.3 Å². The van der Waals surface area contributed by atoms with Crippen molar-refractivity contribution < 1.29 is 23.5 Å². The Morgan fingerprint density at radius 1 is 1.20 bits per heavy atom. The van der Waals surface area contributed by atoms with E-state index in [0.29, 0.717) is 12.2 Å². The third-order valence-electron chi connectivity index (χ3n) is 3.53. The Morgan fingerprint density at radius 3 is 2.56 bits per heavy atom. The van der Waals surface area contributed by atoms with Crippen LogP contribution in [0.3, 0.4) is 0 Å². The van der Waals surface area contributed by atoms with Gasteiger partial charge in [-0.3, -0.25) is 4.52 Å². The summed E-state index contributed by atoms with van der Waals surface area (Å²) in [5.74, 6) is 0.308. The second-order valence-electron chi connectivity index (χ2n) is 5.73. The number of rotatable bonds is 7. The number of ether oxygens (including phenoxy) is 1. The standard InChI is InChI=1S/C18H20NO5P/c1-13-10-16(8-9-17(13)24-25(21)22)11-14(2)19-18(20)23-12-15-6-4-3-5-7-15/h3-10,14H,11-12H2,1-2H3,(H,19,20). The highest BCUT2D eigenvalue weighted by Gasteiger charge is 2.12. The molecule has 0 radical (unpaired) electrons. The molecule has 0 aliphatic rings. The largest absolute Gasteiger partial charge is 0.558 e. The van der Waals surface area contributed by atoms with E-state index < -0.39 is 14.3 Å². The first-order chi connectivity index (χ1) is 11.9. The fourth-order valence-corrected chi connectivity index (χ4v) is 2.76. The van der Waals surface area contributed by atoms with Gasteiger partial charge < -0.3 is 14.9 Å². The van der Waals surface area contributed by atoms with Crippen LogP contribution in [0.1, 0.15) is 23.6 Å². The lowest BCUT2D eigenvalue weighted by atomic mass is 10.0. The summed E-state index contributed by atoms with van der Waals surface area (Å²) in [7, 11) is -2.93. The minimum absolute atomic E-state index is 0.134. The van der Waals surface area contributed by atoms with Gasteiger partial charge in [0.25, 0.3) is 0 Å². The molecule has 25 heavy (non-hydrogen) atoms. The summed E-state index contributed by atoms with van der Waals surface area (Å²) < 4.78 is 20.5. The number of carbonyl (C=O) groups excluding carboxylic acids is 1. The van der Waals surface area contributed by atoms with Crippen LogP contribution in [0.5, 0.6) is 5.75 Å². The highest BCUT2D eigenvalue weighted by Crippen LogP contribution is 2.25. The molecule has 132 valence electrons. The van der Waals surface area contributed by atoms with Crippen molar-refractivity contribution in [1.82, 2.24) is 5.32 Å². The number of carbonyl (C=O) groups is 1. The average Bonchev–Trinajstić information content (AvgIpc) is 2.56. The van der Waals surface area contributed by atoms with E-state index in [0.717, 1.165) is 16.7 Å². The van der Waals surface area contributed by atoms with E-state index >= 15 is 0 Å². The van der Waals surface area contributed by atoms with Crippen LogP contribution >= 0.6 is 8.25 Å². The Hall–Kier alpha value is -2.43. The molecule has 0 saturated carbocycles. The SMILES string of the molecule is Cc1cc(CC(C)NC(=O)OCc2ccccc2)ccc1O[P+](=O)[O-]. The second-order valence-corrected chi connectivity index (χ2v) is 6.36. The van der Waals surface area contributed by atoms with Crippen molar-refractivity contribution in [1.29, 1.82) is 0 Å². The van der Waals surface area contributed by atoms with E-state index in [9.17, 15) is 14.3 Å². The van der Waals surface area contributed by atoms with Crippen LogP contribution in [0, 0.1) is 6.92 Å². The van der Waals surface area contributed by atoms with Crippen LogP contribution in [0.4, 0.5) is 4.79 Å². The van der Waals surface area contributed by atoms with Crippen molar-refractivity contribution in [3.63, 3.8) is 0 Å². The van der Waals surface area contributed by atoms with Crippen LogP contribution in [-0.4, -0.2) is 12.1 Å². The van der Waals surface area contributed by atoms with E-state index in [4.69, 9.17) is 9.26 Å². The summed E-state index contributed by atoms with van der Waals surface area (Å²) in [6.07, 6.45) is 0.113. The Balaban J connectivity index is 1.83. The van der Waals surface area contributed by atoms with Gasteiger partial charge in [0.2, 0.25) is 0 Å². The molecule has 0 fully saturated rings. The number of nitrogens with one attached hydrogen (secondary N) is 1. The lowest BCUT2D eigenvalue weighted by Crippen LogP contribution is -2.34. The van der Waals surface area contributed by atoms with Crippen molar-refractivity contribution in [2.75, 3.05) is 0 Å². The molecule has 0 aliphatic heterocycles. The third kappa shape index (κ3) is 6.53. The molecule has 1 N–H and O–H groups in total. The number of hydrogen-bond acceptors (Lipinski definition) is 5. The normalized spacial score (nSPS) is 12.2. The Kier molecular flexibility index (Phi) is 6.92. The fraction of sp³-hybridized carbons (Fsp3) is 0.278. The maximum Gasteiger partial charge on any atom is 0.539 e. The minimum atomic E-state index is -2.93. The average molecular weight is 361 g/mol. The van der Waals surface area contributed by atoms with Crippen LogP contribution in [0.2, 0.25) is 0 Å². The molecule has 0 bridgehead atoms. The van der Waals surface area contributed by atoms with Crippen molar-refractivity contribution in [3.8, 4) is 5.75 Å². The number of hydrogen-bond donors (Lipinski definition) is 1. The smallest absolute Gasteiger partial charge is 0.539 e. The molecular weight excluding hydrogens is 341 g/mol. The topological polar surface area (TPSA) is 87.7 Å². The van der Waals surface area contributed by atoms with Gasteiger partial charge in [-0.05, 0) is 47.6 Å². The number of alkyl carbamates (subject to hydrolysis) is 1. The predicted octanol–water partition coefficient (Wildman–Crippen LogP) is 3.25. The van der Waals surface area contributed by atoms with Gasteiger partial charge in [0, 0.05) is 6.04 Å². The van der Waals surface area contributed by atoms with Crippen LogP contribution < -0.4 is 14.7 Å². The second kappa shape index (κ2) is 9.16. The molecule has 2 aromatic rings. The number of benzene rings is 2. The predicted molar refractivity (Wildman–Crippen MR) is 92.3 cm³/mol. The summed E-state index contributed by atoms with van der Waals surface area (Å²) in [6, 6.07) is 14.5. The molecule has 0 aliphatic carbocycles. The van der Waals surface area contributed by atoms with Gasteiger partial charge >= 0.3 is 14.3 Å². The molecule has 0 aromatic heterocycles. The summed E-state index contributed by atoms with van der Waals surface area (Å²) in [5, 5.41) is 2.78. The Labute approximate surface area is 147 Å². The molecule has 0 saturated heterocycles. The molecule has 0 heterocycles. The maximum atomic E-state index is 11.8. The zero-order valence-electron chi connectivity index (χ0n) is 14.1. The van der Waals surface area contributed by atoms with Gasteiger partial charge in [-0.1, -0.05) is 42.5 Å². The van der Waals surface area contributed by atoms with Crippen molar-refractivity contribution in [2.45, 2.75) is 32.9 Å². The Bertz CT molecular complexity index is 736. The molecule has 2 unspecified atom stereocenters. The van der Waals surface area contributed by atoms with E-state index in [2.05, 4.69) is 5.32 Å². The summed E-state index contributed by atoms with van der Waals surface area (Å²) in [6.45, 7) is 3.86. The Morgan fingerprint density at radius 2 is 1.92 bits per heavy atom. The highest BCUT2D eigenvalue weighted by atomic mass is 31.1. The molecule has 1 amide bonds. The third-order valence-corrected chi connectivity index (χ3v) is 3.88. The minimum Gasteiger partial charge on any atom is -0.558 e. The summed E-state index contributed by atoms with van der Waals surface area (Å²) in [4.78, 5) is 22.5. The zero-order chi connectivity index (χ0) is 18.2. The van der Waals surface area contributed by atoms with Gasteiger partial charge in [0.05, 0.1) is 0 Å². The van der Waals surface area contributed by atoms with Crippen LogP contribution in [0.15, 0.2) is 48.5 Å².